The van der Waals surface area contributed by atoms with Crippen LogP contribution in [0.3, 0.4) is 0 Å². The van der Waals surface area contributed by atoms with Crippen LogP contribution >= 0.6 is 11.6 Å². The topological polar surface area (TPSA) is 76.7 Å². The number of nitrogens with one attached hydrogen (secondary N) is 1. The van der Waals surface area contributed by atoms with Crippen LogP contribution in [0.15, 0.2) is 48.8 Å². The Labute approximate surface area is 152 Å². The molecule has 3 aromatic rings. The molecule has 1 aromatic carbocycles. The molecular weight excluding hydrogens is 367 g/mol. The lowest BCUT2D eigenvalue weighted by Crippen LogP contribution is -2.12. The highest BCUT2D eigenvalue weighted by Crippen LogP contribution is 2.32. The predicted octanol–water partition coefficient (Wildman–Crippen LogP) is 4.41. The average molecular weight is 380 g/mol. The number of benzene rings is 1. The van der Waals surface area contributed by atoms with E-state index in [-0.39, 0.29) is 23.8 Å². The van der Waals surface area contributed by atoms with Crippen LogP contribution in [0.4, 0.5) is 24.8 Å². The van der Waals surface area contributed by atoms with E-state index in [2.05, 4.69) is 20.3 Å². The first kappa shape index (κ1) is 17.9. The van der Waals surface area contributed by atoms with Gasteiger partial charge in [0.15, 0.2) is 5.82 Å². The fourth-order valence-electron chi connectivity index (χ4n) is 2.35. The number of nitrogens with two attached hydrogens (primary N) is 1. The van der Waals surface area contributed by atoms with E-state index in [1.165, 1.54) is 24.5 Å². The van der Waals surface area contributed by atoms with Crippen molar-refractivity contribution >= 4 is 23.2 Å². The zero-order valence-corrected chi connectivity index (χ0v) is 14.0. The summed E-state index contributed by atoms with van der Waals surface area (Å²) in [7, 11) is 0. The van der Waals surface area contributed by atoms with Crippen LogP contribution in [-0.2, 0) is 12.7 Å². The van der Waals surface area contributed by atoms with Crippen molar-refractivity contribution in [2.45, 2.75) is 12.7 Å². The van der Waals surface area contributed by atoms with Crippen LogP contribution in [0.1, 0.15) is 11.1 Å². The van der Waals surface area contributed by atoms with Gasteiger partial charge in [-0.15, -0.1) is 0 Å². The molecule has 0 unspecified atom stereocenters. The summed E-state index contributed by atoms with van der Waals surface area (Å²) < 4.78 is 39.2. The molecule has 0 atom stereocenters. The van der Waals surface area contributed by atoms with Crippen LogP contribution in [0.5, 0.6) is 0 Å². The van der Waals surface area contributed by atoms with Crippen molar-refractivity contribution in [1.82, 2.24) is 15.0 Å². The van der Waals surface area contributed by atoms with Gasteiger partial charge < -0.3 is 11.1 Å². The fourth-order valence-corrected chi connectivity index (χ4v) is 2.51. The quantitative estimate of drug-likeness (QED) is 0.702. The summed E-state index contributed by atoms with van der Waals surface area (Å²) in [5, 5.41) is 3.24. The summed E-state index contributed by atoms with van der Waals surface area (Å²) in [4.78, 5) is 12.3. The number of nitrogen functional groups attached to an aromatic ring is 1. The number of hydrogen-bond acceptors (Lipinski definition) is 5. The highest BCUT2D eigenvalue weighted by Gasteiger charge is 2.32. The fraction of sp³-hybridized carbons (Fsp3) is 0.118. The lowest BCUT2D eigenvalue weighted by Gasteiger charge is -2.13. The zero-order chi connectivity index (χ0) is 18.7. The van der Waals surface area contributed by atoms with E-state index >= 15 is 0 Å². The minimum atomic E-state index is -4.42. The first-order chi connectivity index (χ1) is 12.3. The third-order valence-corrected chi connectivity index (χ3v) is 3.77. The van der Waals surface area contributed by atoms with Gasteiger partial charge in [-0.05, 0) is 23.8 Å². The molecule has 0 spiro atoms. The highest BCUT2D eigenvalue weighted by molar-refractivity contribution is 6.30. The number of halogens is 4. The van der Waals surface area contributed by atoms with Crippen LogP contribution in [0.2, 0.25) is 5.02 Å². The maximum absolute atomic E-state index is 13.1. The van der Waals surface area contributed by atoms with Crippen molar-refractivity contribution in [2.24, 2.45) is 0 Å². The Morgan fingerprint density at radius 3 is 2.65 bits per heavy atom. The SMILES string of the molecule is Nc1ncc(Cl)cc1-c1nccc(NCc2ccccc2C(F)(F)F)n1. The van der Waals surface area contributed by atoms with Gasteiger partial charge in [-0.1, -0.05) is 29.8 Å². The summed E-state index contributed by atoms with van der Waals surface area (Å²) in [5.41, 5.74) is 5.68. The maximum Gasteiger partial charge on any atom is 0.416 e. The van der Waals surface area contributed by atoms with Gasteiger partial charge in [0, 0.05) is 18.9 Å². The smallest absolute Gasteiger partial charge is 0.383 e. The summed E-state index contributed by atoms with van der Waals surface area (Å²) in [6.45, 7) is -0.0462. The molecule has 3 N–H and O–H groups in total. The Morgan fingerprint density at radius 1 is 1.12 bits per heavy atom. The molecule has 0 fully saturated rings. The molecular formula is C17H13ClF3N5. The number of pyridine rings is 1. The third kappa shape index (κ3) is 4.02. The summed E-state index contributed by atoms with van der Waals surface area (Å²) >= 11 is 5.91. The number of alkyl halides is 3. The monoisotopic (exact) mass is 379 g/mol. The first-order valence-electron chi connectivity index (χ1n) is 7.48. The van der Waals surface area contributed by atoms with Gasteiger partial charge in [0.2, 0.25) is 0 Å². The van der Waals surface area contributed by atoms with Gasteiger partial charge in [0.05, 0.1) is 16.1 Å². The van der Waals surface area contributed by atoms with Crippen molar-refractivity contribution in [3.63, 3.8) is 0 Å². The van der Waals surface area contributed by atoms with Crippen LogP contribution in [0.25, 0.3) is 11.4 Å². The average Bonchev–Trinajstić information content (AvgIpc) is 2.62. The molecule has 2 heterocycles. The van der Waals surface area contributed by atoms with Crippen molar-refractivity contribution in [3.05, 3.63) is 64.9 Å². The van der Waals surface area contributed by atoms with Gasteiger partial charge >= 0.3 is 6.18 Å². The largest absolute Gasteiger partial charge is 0.416 e. The van der Waals surface area contributed by atoms with Crippen LogP contribution < -0.4 is 11.1 Å². The van der Waals surface area contributed by atoms with E-state index in [4.69, 9.17) is 17.3 Å². The molecule has 0 aliphatic heterocycles. The van der Waals surface area contributed by atoms with Crippen LogP contribution in [0, 0.1) is 0 Å². The van der Waals surface area contributed by atoms with Crippen molar-refractivity contribution in [3.8, 4) is 11.4 Å². The Balaban J connectivity index is 1.84. The first-order valence-corrected chi connectivity index (χ1v) is 7.86. The van der Waals surface area contributed by atoms with E-state index in [0.717, 1.165) is 6.07 Å². The zero-order valence-electron chi connectivity index (χ0n) is 13.3. The minimum absolute atomic E-state index is 0.0462. The number of anilines is 2. The van der Waals surface area contributed by atoms with Crippen molar-refractivity contribution in [2.75, 3.05) is 11.1 Å². The molecule has 0 aliphatic rings. The van der Waals surface area contributed by atoms with E-state index in [1.54, 1.807) is 18.2 Å². The molecule has 0 saturated carbocycles. The molecule has 134 valence electrons. The molecule has 0 amide bonds. The summed E-state index contributed by atoms with van der Waals surface area (Å²) in [6.07, 6.45) is -1.55. The normalized spacial score (nSPS) is 11.4. The van der Waals surface area contributed by atoms with Gasteiger partial charge in [-0.25, -0.2) is 15.0 Å². The van der Waals surface area contributed by atoms with Crippen molar-refractivity contribution in [1.29, 1.82) is 0 Å². The number of rotatable bonds is 4. The predicted molar refractivity (Wildman–Crippen MR) is 93.5 cm³/mol. The summed E-state index contributed by atoms with van der Waals surface area (Å²) in [5.74, 6) is 0.826. The second-order valence-corrected chi connectivity index (χ2v) is 5.80. The molecule has 3 rings (SSSR count). The molecule has 0 bridgehead atoms. The van der Waals surface area contributed by atoms with E-state index < -0.39 is 11.7 Å². The third-order valence-electron chi connectivity index (χ3n) is 3.56. The maximum atomic E-state index is 13.1. The minimum Gasteiger partial charge on any atom is -0.383 e. The standard InChI is InChI=1S/C17H13ClF3N5/c18-11-7-12(15(22)25-9-11)16-23-6-5-14(26-16)24-8-10-3-1-2-4-13(10)17(19,20)21/h1-7,9H,8H2,(H2,22,25)(H,23,24,26). The van der Waals surface area contributed by atoms with E-state index in [9.17, 15) is 13.2 Å². The second-order valence-electron chi connectivity index (χ2n) is 5.36. The van der Waals surface area contributed by atoms with Gasteiger partial charge in [0.1, 0.15) is 11.6 Å². The molecule has 2 aromatic heterocycles. The number of nitrogens with zero attached hydrogens (tertiary/aromatic N) is 3. The van der Waals surface area contributed by atoms with Gasteiger partial charge in [-0.2, -0.15) is 13.2 Å². The molecule has 0 aliphatic carbocycles. The van der Waals surface area contributed by atoms with Gasteiger partial charge in [-0.3, -0.25) is 0 Å². The molecule has 26 heavy (non-hydrogen) atoms. The Hall–Kier alpha value is -2.87. The second kappa shape index (κ2) is 7.17. The van der Waals surface area contributed by atoms with Crippen LogP contribution in [-0.4, -0.2) is 15.0 Å². The number of hydrogen-bond donors (Lipinski definition) is 2. The summed E-state index contributed by atoms with van der Waals surface area (Å²) in [6, 6.07) is 8.48. The lowest BCUT2D eigenvalue weighted by atomic mass is 10.1. The number of aromatic nitrogens is 3. The van der Waals surface area contributed by atoms with E-state index in [1.807, 2.05) is 0 Å². The Bertz CT molecular complexity index is 930. The molecule has 0 saturated heterocycles. The Kier molecular flexibility index (Phi) is 4.94. The molecule has 5 nitrogen and oxygen atoms in total. The van der Waals surface area contributed by atoms with Gasteiger partial charge in [0.25, 0.3) is 0 Å². The lowest BCUT2D eigenvalue weighted by molar-refractivity contribution is -0.138. The van der Waals surface area contributed by atoms with Crippen molar-refractivity contribution < 1.29 is 13.2 Å². The Morgan fingerprint density at radius 2 is 1.88 bits per heavy atom. The van der Waals surface area contributed by atoms with E-state index in [0.29, 0.717) is 16.4 Å². The highest BCUT2D eigenvalue weighted by atomic mass is 35.5. The molecule has 9 heteroatoms. The molecule has 0 radical (unpaired) electrons.